The average molecular weight is 376 g/mol. The monoisotopic (exact) mass is 376 g/mol. The van der Waals surface area contributed by atoms with Crippen LogP contribution >= 0.6 is 22.6 Å². The largest absolute Gasteiger partial charge is 0.327 e. The van der Waals surface area contributed by atoms with Crippen LogP contribution in [0.3, 0.4) is 0 Å². The molecule has 98 valence electrons. The van der Waals surface area contributed by atoms with Crippen molar-refractivity contribution < 1.29 is 9.59 Å². The molecule has 0 fully saturated rings. The van der Waals surface area contributed by atoms with Gasteiger partial charge in [-0.2, -0.15) is 0 Å². The van der Waals surface area contributed by atoms with E-state index in [0.717, 1.165) is 9.13 Å². The molecule has 2 aromatic rings. The maximum Gasteiger partial charge on any atom is 0.260 e. The highest BCUT2D eigenvalue weighted by molar-refractivity contribution is 14.1. The van der Waals surface area contributed by atoms with Crippen LogP contribution in [0.4, 0.5) is 5.69 Å². The number of benzene rings is 2. The first-order valence-electron chi connectivity index (χ1n) is 6.20. The van der Waals surface area contributed by atoms with Crippen LogP contribution in [0.5, 0.6) is 0 Å². The van der Waals surface area contributed by atoms with Gasteiger partial charge in [-0.1, -0.05) is 18.2 Å². The summed E-state index contributed by atoms with van der Waals surface area (Å²) in [6.07, 6.45) is -0.392. The summed E-state index contributed by atoms with van der Waals surface area (Å²) in [5, 5.41) is 2.90. The van der Waals surface area contributed by atoms with Gasteiger partial charge in [0.15, 0.2) is 0 Å². The van der Waals surface area contributed by atoms with Crippen molar-refractivity contribution in [2.75, 3.05) is 4.90 Å². The summed E-state index contributed by atoms with van der Waals surface area (Å²) in [6.45, 7) is 0. The molecule has 0 radical (unpaired) electrons. The number of hydrogen-bond acceptors (Lipinski definition) is 2. The molecule has 20 heavy (non-hydrogen) atoms. The van der Waals surface area contributed by atoms with Gasteiger partial charge in [0.1, 0.15) is 6.17 Å². The molecule has 2 amide bonds. The molecule has 4 nitrogen and oxygen atoms in total. The van der Waals surface area contributed by atoms with Gasteiger partial charge in [-0.25, -0.2) is 0 Å². The highest BCUT2D eigenvalue weighted by Gasteiger charge is 2.43. The van der Waals surface area contributed by atoms with E-state index >= 15 is 0 Å². The number of carbonyl (C=O) groups is 2. The van der Waals surface area contributed by atoms with Crippen LogP contribution in [0.2, 0.25) is 0 Å². The van der Waals surface area contributed by atoms with E-state index in [1.54, 1.807) is 17.0 Å². The van der Waals surface area contributed by atoms with E-state index in [4.69, 9.17) is 0 Å². The van der Waals surface area contributed by atoms with E-state index in [2.05, 4.69) is 27.9 Å². The number of anilines is 1. The number of carbonyl (C=O) groups excluding carboxylic acids is 2. The van der Waals surface area contributed by atoms with Gasteiger partial charge in [0, 0.05) is 14.7 Å². The van der Waals surface area contributed by atoms with E-state index in [1.807, 2.05) is 30.3 Å². The summed E-state index contributed by atoms with van der Waals surface area (Å²) < 4.78 is 1.01. The van der Waals surface area contributed by atoms with Crippen LogP contribution in [-0.2, 0) is 0 Å². The Morgan fingerprint density at radius 1 is 1.05 bits per heavy atom. The summed E-state index contributed by atoms with van der Waals surface area (Å²) in [7, 11) is 0. The minimum absolute atomic E-state index is 0.0593. The van der Waals surface area contributed by atoms with Crippen molar-refractivity contribution in [2.24, 2.45) is 0 Å². The van der Waals surface area contributed by atoms with Crippen LogP contribution in [0, 0.1) is 3.57 Å². The quantitative estimate of drug-likeness (QED) is 0.719. The molecular weight excluding hydrogens is 367 g/mol. The number of nitrogens with one attached hydrogen (secondary N) is 1. The molecule has 5 heteroatoms. The number of hydrogen-bond donors (Lipinski definition) is 1. The molecule has 1 atom stereocenters. The Hall–Kier alpha value is -1.89. The molecule has 0 spiro atoms. The lowest BCUT2D eigenvalue weighted by molar-refractivity contribution is 0.0912. The Kier molecular flexibility index (Phi) is 2.41. The number of amides is 2. The number of fused-ring (bicyclic) bond motifs is 5. The minimum Gasteiger partial charge on any atom is -0.327 e. The molecule has 0 saturated carbocycles. The van der Waals surface area contributed by atoms with Gasteiger partial charge in [0.25, 0.3) is 11.8 Å². The summed E-state index contributed by atoms with van der Waals surface area (Å²) in [6, 6.07) is 12.9. The Bertz CT molecular complexity index is 772. The van der Waals surface area contributed by atoms with Crippen molar-refractivity contribution in [3.8, 4) is 0 Å². The third kappa shape index (κ3) is 1.46. The molecular formula is C15H9IN2O2. The van der Waals surface area contributed by atoms with E-state index in [0.29, 0.717) is 16.8 Å². The van der Waals surface area contributed by atoms with Crippen molar-refractivity contribution in [1.29, 1.82) is 0 Å². The predicted molar refractivity (Wildman–Crippen MR) is 82.6 cm³/mol. The lowest BCUT2D eigenvalue weighted by Gasteiger charge is -2.32. The van der Waals surface area contributed by atoms with Crippen LogP contribution < -0.4 is 10.2 Å². The van der Waals surface area contributed by atoms with E-state index in [-0.39, 0.29) is 11.8 Å². The first-order valence-corrected chi connectivity index (χ1v) is 7.27. The Morgan fingerprint density at radius 2 is 1.85 bits per heavy atom. The van der Waals surface area contributed by atoms with Gasteiger partial charge >= 0.3 is 0 Å². The SMILES string of the molecule is O=C1NC2c3ccc(I)cc3C(=O)N2c2ccccc21. The third-order valence-corrected chi connectivity index (χ3v) is 4.36. The zero-order valence-electron chi connectivity index (χ0n) is 10.3. The fraction of sp³-hybridized carbons (Fsp3) is 0.0667. The van der Waals surface area contributed by atoms with Gasteiger partial charge in [-0.15, -0.1) is 0 Å². The molecule has 0 aliphatic carbocycles. The minimum atomic E-state index is -0.392. The highest BCUT2D eigenvalue weighted by atomic mass is 127. The van der Waals surface area contributed by atoms with Gasteiger partial charge < -0.3 is 5.32 Å². The second-order valence-electron chi connectivity index (χ2n) is 4.80. The third-order valence-electron chi connectivity index (χ3n) is 3.69. The van der Waals surface area contributed by atoms with Crippen molar-refractivity contribution in [3.05, 3.63) is 62.7 Å². The summed E-state index contributed by atoms with van der Waals surface area (Å²) in [5.74, 6) is -0.197. The first kappa shape index (κ1) is 11.9. The molecule has 0 aromatic heterocycles. The number of halogens is 1. The van der Waals surface area contributed by atoms with E-state index < -0.39 is 6.17 Å². The maximum absolute atomic E-state index is 12.6. The van der Waals surface area contributed by atoms with Crippen LogP contribution in [0.1, 0.15) is 32.4 Å². The predicted octanol–water partition coefficient (Wildman–Crippen LogP) is 2.69. The van der Waals surface area contributed by atoms with Crippen molar-refractivity contribution in [2.45, 2.75) is 6.17 Å². The topological polar surface area (TPSA) is 49.4 Å². The zero-order valence-corrected chi connectivity index (χ0v) is 12.4. The Labute approximate surface area is 128 Å². The summed E-state index contributed by atoms with van der Waals surface area (Å²) >= 11 is 2.18. The van der Waals surface area contributed by atoms with Crippen LogP contribution in [0.25, 0.3) is 0 Å². The molecule has 2 aromatic carbocycles. The smallest absolute Gasteiger partial charge is 0.260 e. The summed E-state index contributed by atoms with van der Waals surface area (Å²) in [4.78, 5) is 26.4. The first-order chi connectivity index (χ1) is 9.66. The van der Waals surface area contributed by atoms with Crippen molar-refractivity contribution >= 4 is 40.1 Å². The highest BCUT2D eigenvalue weighted by Crippen LogP contribution is 2.40. The standard InChI is InChI=1S/C15H9IN2O2/c16-8-5-6-9-11(7-8)15(20)18-12-4-2-1-3-10(12)14(19)17-13(9)18/h1-7,13H,(H,17,19). The number of para-hydroxylation sites is 1. The molecule has 0 saturated heterocycles. The molecule has 2 heterocycles. The van der Waals surface area contributed by atoms with E-state index in [9.17, 15) is 9.59 Å². The van der Waals surface area contributed by atoms with Gasteiger partial charge in [0.2, 0.25) is 0 Å². The van der Waals surface area contributed by atoms with Crippen LogP contribution in [-0.4, -0.2) is 11.8 Å². The lowest BCUT2D eigenvalue weighted by atomic mass is 10.1. The fourth-order valence-electron chi connectivity index (χ4n) is 2.81. The molecule has 4 rings (SSSR count). The lowest BCUT2D eigenvalue weighted by Crippen LogP contribution is -2.45. The van der Waals surface area contributed by atoms with Gasteiger partial charge in [-0.05, 0) is 46.9 Å². The maximum atomic E-state index is 12.6. The van der Waals surface area contributed by atoms with Crippen molar-refractivity contribution in [3.63, 3.8) is 0 Å². The van der Waals surface area contributed by atoms with Crippen LogP contribution in [0.15, 0.2) is 42.5 Å². The van der Waals surface area contributed by atoms with E-state index in [1.165, 1.54) is 0 Å². The molecule has 1 unspecified atom stereocenters. The number of rotatable bonds is 0. The second kappa shape index (κ2) is 4.05. The van der Waals surface area contributed by atoms with Gasteiger partial charge in [0.05, 0.1) is 11.3 Å². The average Bonchev–Trinajstić information content (AvgIpc) is 2.72. The molecule has 2 aliphatic heterocycles. The zero-order chi connectivity index (χ0) is 13.9. The normalized spacial score (nSPS) is 19.2. The van der Waals surface area contributed by atoms with Crippen molar-refractivity contribution in [1.82, 2.24) is 5.32 Å². The molecule has 2 aliphatic rings. The summed E-state index contributed by atoms with van der Waals surface area (Å²) in [5.41, 5.74) is 2.74. The Balaban J connectivity index is 1.96. The molecule has 0 bridgehead atoms. The fourth-order valence-corrected chi connectivity index (χ4v) is 3.30. The Morgan fingerprint density at radius 3 is 2.70 bits per heavy atom. The second-order valence-corrected chi connectivity index (χ2v) is 6.05. The number of nitrogens with zero attached hydrogens (tertiary/aromatic N) is 1. The van der Waals surface area contributed by atoms with Gasteiger partial charge in [-0.3, -0.25) is 14.5 Å². The molecule has 1 N–H and O–H groups in total.